The molecule has 0 atom stereocenters. The van der Waals surface area contributed by atoms with Crippen LogP contribution in [0.25, 0.3) is 0 Å². The number of piperidine rings is 1. The van der Waals surface area contributed by atoms with Gasteiger partial charge in [0.2, 0.25) is 21.8 Å². The summed E-state index contributed by atoms with van der Waals surface area (Å²) in [5, 5.41) is 0. The lowest BCUT2D eigenvalue weighted by atomic mass is 10.1. The van der Waals surface area contributed by atoms with Gasteiger partial charge >= 0.3 is 0 Å². The summed E-state index contributed by atoms with van der Waals surface area (Å²) < 4.78 is 36.5. The van der Waals surface area contributed by atoms with E-state index < -0.39 is 10.0 Å². The van der Waals surface area contributed by atoms with E-state index in [1.54, 1.807) is 36.1 Å². The molecule has 0 saturated carbocycles. The summed E-state index contributed by atoms with van der Waals surface area (Å²) in [6.45, 7) is 2.71. The summed E-state index contributed by atoms with van der Waals surface area (Å²) in [5.74, 6) is 0.822. The van der Waals surface area contributed by atoms with Gasteiger partial charge in [0.15, 0.2) is 0 Å². The number of hydrogen-bond acceptors (Lipinski definition) is 7. The molecule has 0 aliphatic carbocycles. The molecule has 2 aromatic rings. The molecule has 3 heterocycles. The molecule has 1 N–H and O–H groups in total. The number of nitrogens with zero attached hydrogens (tertiary/aromatic N) is 3. The Bertz CT molecular complexity index is 924. The van der Waals surface area contributed by atoms with Crippen LogP contribution in [0.2, 0.25) is 0 Å². The molecule has 1 aliphatic rings. The molecule has 1 amide bonds. The van der Waals surface area contributed by atoms with E-state index in [4.69, 9.17) is 9.47 Å². The smallest absolute Gasteiger partial charge is 0.255 e. The van der Waals surface area contributed by atoms with Gasteiger partial charge in [0.25, 0.3) is 5.91 Å². The van der Waals surface area contributed by atoms with Gasteiger partial charge in [-0.05, 0) is 19.1 Å². The van der Waals surface area contributed by atoms with Crippen LogP contribution in [0.15, 0.2) is 36.7 Å². The second-order valence-electron chi connectivity index (χ2n) is 6.59. The molecular formula is C19H24N4O5S. The Labute approximate surface area is 170 Å². The van der Waals surface area contributed by atoms with Crippen molar-refractivity contribution in [1.29, 1.82) is 0 Å². The van der Waals surface area contributed by atoms with Crippen LogP contribution >= 0.6 is 0 Å². The number of aromatic nitrogens is 2. The number of sulfonamides is 1. The topological polar surface area (TPSA) is 111 Å². The lowest BCUT2D eigenvalue weighted by Crippen LogP contribution is -2.41. The van der Waals surface area contributed by atoms with Gasteiger partial charge in [-0.25, -0.2) is 18.4 Å². The molecule has 1 fully saturated rings. The van der Waals surface area contributed by atoms with Crippen molar-refractivity contribution in [3.63, 3.8) is 0 Å². The van der Waals surface area contributed by atoms with Crippen LogP contribution in [0.1, 0.15) is 30.1 Å². The van der Waals surface area contributed by atoms with Crippen LogP contribution in [0.4, 0.5) is 5.69 Å². The lowest BCUT2D eigenvalue weighted by Gasteiger charge is -2.32. The molecule has 10 heteroatoms. The summed E-state index contributed by atoms with van der Waals surface area (Å²) in [6, 6.07) is 6.62. The van der Waals surface area contributed by atoms with E-state index in [2.05, 4.69) is 14.7 Å². The van der Waals surface area contributed by atoms with Crippen LogP contribution in [0.3, 0.4) is 0 Å². The third kappa shape index (κ3) is 5.57. The maximum absolute atomic E-state index is 12.6. The highest BCUT2D eigenvalue weighted by Crippen LogP contribution is 2.20. The molecule has 9 nitrogen and oxygen atoms in total. The predicted octanol–water partition coefficient (Wildman–Crippen LogP) is 1.93. The van der Waals surface area contributed by atoms with Crippen LogP contribution in [-0.2, 0) is 10.0 Å². The molecule has 0 bridgehead atoms. The van der Waals surface area contributed by atoms with Crippen molar-refractivity contribution in [3.05, 3.63) is 42.2 Å². The SMILES string of the molecule is CCS(=O)(=O)Nc1ccc(OC2CCN(C(=O)c3ccc(OC)nc3)CC2)nc1. The van der Waals surface area contributed by atoms with Crippen molar-refractivity contribution in [2.24, 2.45) is 0 Å². The van der Waals surface area contributed by atoms with E-state index in [-0.39, 0.29) is 17.8 Å². The van der Waals surface area contributed by atoms with E-state index >= 15 is 0 Å². The number of likely N-dealkylation sites (tertiary alicyclic amines) is 1. The normalized spacial score (nSPS) is 15.0. The first-order chi connectivity index (χ1) is 13.9. The van der Waals surface area contributed by atoms with E-state index in [0.717, 1.165) is 0 Å². The minimum Gasteiger partial charge on any atom is -0.481 e. The quantitative estimate of drug-likeness (QED) is 0.729. The number of nitrogens with one attached hydrogen (secondary N) is 1. The fourth-order valence-corrected chi connectivity index (χ4v) is 3.54. The number of amides is 1. The molecular weight excluding hydrogens is 396 g/mol. The Morgan fingerprint density at radius 1 is 1.14 bits per heavy atom. The van der Waals surface area contributed by atoms with Crippen LogP contribution < -0.4 is 14.2 Å². The van der Waals surface area contributed by atoms with Gasteiger partial charge in [0.05, 0.1) is 30.3 Å². The van der Waals surface area contributed by atoms with Crippen LogP contribution in [0, 0.1) is 0 Å². The van der Waals surface area contributed by atoms with Gasteiger partial charge in [-0.2, -0.15) is 0 Å². The third-order valence-electron chi connectivity index (χ3n) is 4.60. The zero-order chi connectivity index (χ0) is 20.9. The Morgan fingerprint density at radius 3 is 2.38 bits per heavy atom. The summed E-state index contributed by atoms with van der Waals surface area (Å²) in [4.78, 5) is 22.6. The number of methoxy groups -OCH3 is 1. The number of rotatable bonds is 7. The van der Waals surface area contributed by atoms with Crippen molar-refractivity contribution in [3.8, 4) is 11.8 Å². The fourth-order valence-electron chi connectivity index (χ4n) is 2.92. The predicted molar refractivity (Wildman–Crippen MR) is 108 cm³/mol. The van der Waals surface area contributed by atoms with E-state index in [1.165, 1.54) is 19.5 Å². The molecule has 0 spiro atoms. The first kappa shape index (κ1) is 20.8. The highest BCUT2D eigenvalue weighted by Gasteiger charge is 2.25. The van der Waals surface area contributed by atoms with Crippen molar-refractivity contribution < 1.29 is 22.7 Å². The average Bonchev–Trinajstić information content (AvgIpc) is 2.75. The highest BCUT2D eigenvalue weighted by atomic mass is 32.2. The fraction of sp³-hybridized carbons (Fsp3) is 0.421. The third-order valence-corrected chi connectivity index (χ3v) is 5.91. The molecule has 3 rings (SSSR count). The van der Waals surface area contributed by atoms with Crippen molar-refractivity contribution >= 4 is 21.6 Å². The molecule has 2 aromatic heterocycles. The zero-order valence-corrected chi connectivity index (χ0v) is 17.2. The maximum atomic E-state index is 12.6. The Morgan fingerprint density at radius 2 is 1.83 bits per heavy atom. The Hall–Kier alpha value is -2.88. The van der Waals surface area contributed by atoms with Gasteiger partial charge < -0.3 is 14.4 Å². The summed E-state index contributed by atoms with van der Waals surface area (Å²) in [6.07, 6.45) is 4.25. The average molecular weight is 420 g/mol. The highest BCUT2D eigenvalue weighted by molar-refractivity contribution is 7.92. The number of carbonyl (C=O) groups is 1. The van der Waals surface area contributed by atoms with Crippen LogP contribution in [0.5, 0.6) is 11.8 Å². The van der Waals surface area contributed by atoms with E-state index in [0.29, 0.717) is 48.9 Å². The van der Waals surface area contributed by atoms with Gasteiger partial charge in [0.1, 0.15) is 6.10 Å². The number of anilines is 1. The van der Waals surface area contributed by atoms with Crippen molar-refractivity contribution in [2.75, 3.05) is 30.7 Å². The second kappa shape index (κ2) is 9.08. The second-order valence-corrected chi connectivity index (χ2v) is 8.60. The molecule has 0 aromatic carbocycles. The van der Waals surface area contributed by atoms with Crippen molar-refractivity contribution in [2.45, 2.75) is 25.9 Å². The molecule has 156 valence electrons. The van der Waals surface area contributed by atoms with Gasteiger partial charge in [-0.3, -0.25) is 9.52 Å². The Balaban J connectivity index is 1.51. The van der Waals surface area contributed by atoms with Crippen molar-refractivity contribution in [1.82, 2.24) is 14.9 Å². The van der Waals surface area contributed by atoms with Gasteiger partial charge in [0, 0.05) is 44.3 Å². The summed E-state index contributed by atoms with van der Waals surface area (Å²) in [5.41, 5.74) is 0.921. The molecule has 1 aliphatic heterocycles. The van der Waals surface area contributed by atoms with E-state index in [9.17, 15) is 13.2 Å². The molecule has 0 radical (unpaired) electrons. The monoisotopic (exact) mass is 420 g/mol. The largest absolute Gasteiger partial charge is 0.481 e. The first-order valence-corrected chi connectivity index (χ1v) is 11.0. The van der Waals surface area contributed by atoms with Gasteiger partial charge in [-0.15, -0.1) is 0 Å². The number of pyridine rings is 2. The zero-order valence-electron chi connectivity index (χ0n) is 16.4. The number of carbonyl (C=O) groups excluding carboxylic acids is 1. The van der Waals surface area contributed by atoms with Gasteiger partial charge in [-0.1, -0.05) is 0 Å². The number of ether oxygens (including phenoxy) is 2. The van der Waals surface area contributed by atoms with Crippen LogP contribution in [-0.4, -0.2) is 61.2 Å². The standard InChI is InChI=1S/C19H24N4O5S/c1-3-29(25,26)22-15-5-7-18(21-13-15)28-16-8-10-23(11-9-16)19(24)14-4-6-17(27-2)20-12-14/h4-7,12-13,16,22H,3,8-11H2,1-2H3. The number of hydrogen-bond donors (Lipinski definition) is 1. The molecule has 1 saturated heterocycles. The van der Waals surface area contributed by atoms with E-state index in [1.807, 2.05) is 0 Å². The Kier molecular flexibility index (Phi) is 6.53. The minimum atomic E-state index is -3.33. The molecule has 0 unspecified atom stereocenters. The first-order valence-electron chi connectivity index (χ1n) is 9.32. The summed E-state index contributed by atoms with van der Waals surface area (Å²) in [7, 11) is -1.81. The summed E-state index contributed by atoms with van der Waals surface area (Å²) >= 11 is 0. The lowest BCUT2D eigenvalue weighted by molar-refractivity contribution is 0.0587. The molecule has 29 heavy (non-hydrogen) atoms. The minimum absolute atomic E-state index is 0.00483. The maximum Gasteiger partial charge on any atom is 0.255 e.